The Labute approximate surface area is 102 Å². The predicted molar refractivity (Wildman–Crippen MR) is 60.7 cm³/mol. The van der Waals surface area contributed by atoms with Crippen molar-refractivity contribution in [2.75, 3.05) is 0 Å². The highest BCUT2D eigenvalue weighted by Gasteiger charge is 2.09. The Morgan fingerprint density at radius 3 is 2.71 bits per heavy atom. The molecule has 17 heavy (non-hydrogen) atoms. The average Bonchev–Trinajstić information content (AvgIpc) is 2.76. The van der Waals surface area contributed by atoms with Crippen molar-refractivity contribution in [3.8, 4) is 11.5 Å². The van der Waals surface area contributed by atoms with Crippen LogP contribution in [0.2, 0.25) is 5.02 Å². The fourth-order valence-corrected chi connectivity index (χ4v) is 1.41. The number of benzene rings is 1. The van der Waals surface area contributed by atoms with E-state index in [0.29, 0.717) is 16.7 Å². The molecule has 0 aliphatic carbocycles. The number of carboxylic acid groups (broad SMARTS) is 1. The van der Waals surface area contributed by atoms with E-state index in [1.54, 1.807) is 24.3 Å². The maximum absolute atomic E-state index is 10.4. The molecule has 1 aromatic heterocycles. The van der Waals surface area contributed by atoms with Gasteiger partial charge in [-0.1, -0.05) is 16.8 Å². The molecule has 1 heterocycles. The molecule has 5 nitrogen and oxygen atoms in total. The molecule has 0 bridgehead atoms. The van der Waals surface area contributed by atoms with Crippen LogP contribution in [0.15, 0.2) is 28.8 Å². The van der Waals surface area contributed by atoms with Crippen molar-refractivity contribution < 1.29 is 14.4 Å². The molecule has 0 atom stereocenters. The second kappa shape index (κ2) is 4.97. The highest BCUT2D eigenvalue weighted by atomic mass is 35.5. The molecule has 6 heteroatoms. The van der Waals surface area contributed by atoms with Gasteiger partial charge in [0.1, 0.15) is 0 Å². The number of aromatic nitrogens is 2. The Kier molecular flexibility index (Phi) is 3.39. The zero-order valence-corrected chi connectivity index (χ0v) is 9.52. The second-order valence-corrected chi connectivity index (χ2v) is 3.85. The minimum absolute atomic E-state index is 0.0143. The monoisotopic (exact) mass is 252 g/mol. The smallest absolute Gasteiger partial charge is 0.303 e. The lowest BCUT2D eigenvalue weighted by molar-refractivity contribution is -0.137. The molecule has 0 amide bonds. The molecule has 88 valence electrons. The summed E-state index contributed by atoms with van der Waals surface area (Å²) in [6.45, 7) is 0. The van der Waals surface area contributed by atoms with Gasteiger partial charge in [0.05, 0.1) is 6.42 Å². The molecule has 2 rings (SSSR count). The Hall–Kier alpha value is -1.88. The van der Waals surface area contributed by atoms with Crippen LogP contribution < -0.4 is 0 Å². The van der Waals surface area contributed by atoms with Gasteiger partial charge in [0.25, 0.3) is 5.89 Å². The van der Waals surface area contributed by atoms with Gasteiger partial charge < -0.3 is 9.63 Å². The van der Waals surface area contributed by atoms with Gasteiger partial charge in [0.2, 0.25) is 0 Å². The fraction of sp³-hybridized carbons (Fsp3) is 0.182. The third-order valence-corrected chi connectivity index (χ3v) is 2.37. The number of carboxylic acids is 1. The zero-order valence-electron chi connectivity index (χ0n) is 8.76. The van der Waals surface area contributed by atoms with Crippen LogP contribution in [0, 0.1) is 0 Å². The number of carbonyl (C=O) groups is 1. The van der Waals surface area contributed by atoms with Gasteiger partial charge >= 0.3 is 5.97 Å². The van der Waals surface area contributed by atoms with E-state index in [-0.39, 0.29) is 12.8 Å². The van der Waals surface area contributed by atoms with Crippen LogP contribution in [-0.4, -0.2) is 21.2 Å². The van der Waals surface area contributed by atoms with Crippen LogP contribution in [-0.2, 0) is 11.2 Å². The fourth-order valence-electron chi connectivity index (χ4n) is 1.28. The normalized spacial score (nSPS) is 10.4. The van der Waals surface area contributed by atoms with Crippen LogP contribution in [0.1, 0.15) is 12.2 Å². The first-order valence-electron chi connectivity index (χ1n) is 4.95. The van der Waals surface area contributed by atoms with Crippen molar-refractivity contribution in [2.24, 2.45) is 0 Å². The molecule has 0 saturated heterocycles. The van der Waals surface area contributed by atoms with Gasteiger partial charge in [-0.2, -0.15) is 4.98 Å². The highest BCUT2D eigenvalue weighted by Crippen LogP contribution is 2.19. The van der Waals surface area contributed by atoms with Crippen molar-refractivity contribution in [1.82, 2.24) is 10.1 Å². The Balaban J connectivity index is 2.12. The van der Waals surface area contributed by atoms with Gasteiger partial charge in [0, 0.05) is 17.0 Å². The van der Waals surface area contributed by atoms with Crippen LogP contribution in [0.5, 0.6) is 0 Å². The standard InChI is InChI=1S/C11H9ClN2O3/c12-8-3-1-7(2-4-8)11-13-9(14-17-11)5-6-10(15)16/h1-4H,5-6H2,(H,15,16). The lowest BCUT2D eigenvalue weighted by atomic mass is 10.2. The number of hydrogen-bond donors (Lipinski definition) is 1. The maximum atomic E-state index is 10.4. The molecule has 0 saturated carbocycles. The molecule has 1 aromatic carbocycles. The molecule has 0 spiro atoms. The molecule has 0 aliphatic rings. The Bertz CT molecular complexity index is 522. The van der Waals surface area contributed by atoms with Crippen LogP contribution >= 0.6 is 11.6 Å². The third-order valence-electron chi connectivity index (χ3n) is 2.12. The molecule has 0 fully saturated rings. The quantitative estimate of drug-likeness (QED) is 0.904. The topological polar surface area (TPSA) is 76.2 Å². The van der Waals surface area contributed by atoms with E-state index in [9.17, 15) is 4.79 Å². The molecule has 1 N–H and O–H groups in total. The summed E-state index contributed by atoms with van der Waals surface area (Å²) in [5.74, 6) is -0.137. The number of halogens is 1. The van der Waals surface area contributed by atoms with E-state index in [1.165, 1.54) is 0 Å². The number of aryl methyl sites for hydroxylation is 1. The molecule has 0 unspecified atom stereocenters. The van der Waals surface area contributed by atoms with Crippen molar-refractivity contribution in [1.29, 1.82) is 0 Å². The second-order valence-electron chi connectivity index (χ2n) is 3.42. The van der Waals surface area contributed by atoms with Gasteiger partial charge in [0.15, 0.2) is 5.82 Å². The summed E-state index contributed by atoms with van der Waals surface area (Å²) < 4.78 is 5.03. The Morgan fingerprint density at radius 1 is 1.35 bits per heavy atom. The number of rotatable bonds is 4. The van der Waals surface area contributed by atoms with Crippen molar-refractivity contribution in [2.45, 2.75) is 12.8 Å². The molecule has 0 radical (unpaired) electrons. The minimum atomic E-state index is -0.886. The van der Waals surface area contributed by atoms with E-state index in [0.717, 1.165) is 5.56 Å². The van der Waals surface area contributed by atoms with Gasteiger partial charge in [-0.05, 0) is 24.3 Å². The number of aliphatic carboxylic acids is 1. The lowest BCUT2D eigenvalue weighted by Gasteiger charge is -1.93. The first-order valence-corrected chi connectivity index (χ1v) is 5.33. The van der Waals surface area contributed by atoms with Crippen LogP contribution in [0.3, 0.4) is 0 Å². The van der Waals surface area contributed by atoms with E-state index < -0.39 is 5.97 Å². The largest absolute Gasteiger partial charge is 0.481 e. The third kappa shape index (κ3) is 3.04. The summed E-state index contributed by atoms with van der Waals surface area (Å²) in [5.41, 5.74) is 0.753. The summed E-state index contributed by atoms with van der Waals surface area (Å²) in [4.78, 5) is 14.5. The summed E-state index contributed by atoms with van der Waals surface area (Å²) >= 11 is 5.76. The summed E-state index contributed by atoms with van der Waals surface area (Å²) in [6, 6.07) is 6.96. The summed E-state index contributed by atoms with van der Waals surface area (Å²) in [7, 11) is 0. The number of nitrogens with zero attached hydrogens (tertiary/aromatic N) is 2. The zero-order chi connectivity index (χ0) is 12.3. The van der Waals surface area contributed by atoms with Crippen molar-refractivity contribution in [3.63, 3.8) is 0 Å². The van der Waals surface area contributed by atoms with E-state index in [2.05, 4.69) is 10.1 Å². The first kappa shape index (κ1) is 11.6. The summed E-state index contributed by atoms with van der Waals surface area (Å²) in [6.07, 6.45) is 0.242. The SMILES string of the molecule is O=C(O)CCc1noc(-c2ccc(Cl)cc2)n1. The van der Waals surface area contributed by atoms with Crippen molar-refractivity contribution in [3.05, 3.63) is 35.1 Å². The van der Waals surface area contributed by atoms with Crippen LogP contribution in [0.25, 0.3) is 11.5 Å². The van der Waals surface area contributed by atoms with E-state index >= 15 is 0 Å². The highest BCUT2D eigenvalue weighted by molar-refractivity contribution is 6.30. The average molecular weight is 253 g/mol. The summed E-state index contributed by atoms with van der Waals surface area (Å²) in [5, 5.41) is 12.9. The van der Waals surface area contributed by atoms with Gasteiger partial charge in [-0.3, -0.25) is 4.79 Å². The van der Waals surface area contributed by atoms with Gasteiger partial charge in [-0.15, -0.1) is 0 Å². The van der Waals surface area contributed by atoms with Gasteiger partial charge in [-0.25, -0.2) is 0 Å². The van der Waals surface area contributed by atoms with E-state index in [4.69, 9.17) is 21.2 Å². The minimum Gasteiger partial charge on any atom is -0.481 e. The number of hydrogen-bond acceptors (Lipinski definition) is 4. The molecule has 0 aliphatic heterocycles. The predicted octanol–water partition coefficient (Wildman–Crippen LogP) is 2.41. The van der Waals surface area contributed by atoms with Crippen LogP contribution in [0.4, 0.5) is 0 Å². The first-order chi connectivity index (χ1) is 8.15. The van der Waals surface area contributed by atoms with E-state index in [1.807, 2.05) is 0 Å². The van der Waals surface area contributed by atoms with Crippen molar-refractivity contribution >= 4 is 17.6 Å². The molecular formula is C11H9ClN2O3. The lowest BCUT2D eigenvalue weighted by Crippen LogP contribution is -1.98. The Morgan fingerprint density at radius 2 is 2.06 bits per heavy atom. The maximum Gasteiger partial charge on any atom is 0.303 e. The molecular weight excluding hydrogens is 244 g/mol. The molecule has 2 aromatic rings.